The van der Waals surface area contributed by atoms with Crippen LogP contribution in [0.4, 0.5) is 0 Å². The molecule has 106 valence electrons. The average Bonchev–Trinajstić information content (AvgIpc) is 2.89. The average molecular weight is 284 g/mol. The molecule has 2 rings (SSSR count). The first-order chi connectivity index (χ1) is 9.20. The molecule has 2 atom stereocenters. The summed E-state index contributed by atoms with van der Waals surface area (Å²) in [5, 5.41) is 3.80. The van der Waals surface area contributed by atoms with Gasteiger partial charge >= 0.3 is 5.97 Å². The van der Waals surface area contributed by atoms with Crippen LogP contribution in [-0.4, -0.2) is 25.3 Å². The molecule has 5 heteroatoms. The monoisotopic (exact) mass is 284 g/mol. The summed E-state index contributed by atoms with van der Waals surface area (Å²) in [6.45, 7) is 4.71. The van der Waals surface area contributed by atoms with Gasteiger partial charge in [0.25, 0.3) is 0 Å². The van der Waals surface area contributed by atoms with Crippen LogP contribution in [0, 0.1) is 5.92 Å². The molecule has 0 aliphatic carbocycles. The van der Waals surface area contributed by atoms with E-state index in [2.05, 4.69) is 6.92 Å². The summed E-state index contributed by atoms with van der Waals surface area (Å²) in [4.78, 5) is 11.8. The number of carbonyl (C=O) groups is 1. The van der Waals surface area contributed by atoms with Crippen molar-refractivity contribution in [1.82, 2.24) is 0 Å². The minimum atomic E-state index is -0.204. The number of ether oxygens (including phenoxy) is 3. The van der Waals surface area contributed by atoms with Crippen molar-refractivity contribution < 1.29 is 19.0 Å². The molecule has 0 spiro atoms. The third-order valence-electron chi connectivity index (χ3n) is 3.12. The Kier molecular flexibility index (Phi) is 5.07. The van der Waals surface area contributed by atoms with E-state index in [0.29, 0.717) is 6.61 Å². The number of hydrogen-bond donors (Lipinski definition) is 0. The Morgan fingerprint density at radius 1 is 1.53 bits per heavy atom. The Hall–Kier alpha value is -1.23. The molecule has 2 unspecified atom stereocenters. The maximum absolute atomic E-state index is 11.8. The van der Waals surface area contributed by atoms with Crippen LogP contribution in [0.15, 0.2) is 10.8 Å². The molecule has 1 aromatic heterocycles. The molecular formula is C14H20O4S. The summed E-state index contributed by atoms with van der Waals surface area (Å²) < 4.78 is 16.5. The Morgan fingerprint density at radius 3 is 3.11 bits per heavy atom. The quantitative estimate of drug-likeness (QED) is 0.752. The molecule has 0 N–H and O–H groups in total. The van der Waals surface area contributed by atoms with Gasteiger partial charge in [-0.2, -0.15) is 0 Å². The van der Waals surface area contributed by atoms with Gasteiger partial charge in [-0.1, -0.05) is 26.7 Å². The van der Waals surface area contributed by atoms with Gasteiger partial charge in [0, 0.05) is 10.8 Å². The van der Waals surface area contributed by atoms with Crippen LogP contribution in [0.3, 0.4) is 0 Å². The van der Waals surface area contributed by atoms with Crippen LogP contribution in [0.5, 0.6) is 11.5 Å². The van der Waals surface area contributed by atoms with E-state index in [1.165, 1.54) is 11.3 Å². The molecule has 1 aliphatic heterocycles. The zero-order valence-corrected chi connectivity index (χ0v) is 12.2. The molecule has 19 heavy (non-hydrogen) atoms. The Labute approximate surface area is 117 Å². The van der Waals surface area contributed by atoms with Crippen molar-refractivity contribution in [3.8, 4) is 11.5 Å². The van der Waals surface area contributed by atoms with Crippen molar-refractivity contribution in [3.63, 3.8) is 0 Å². The van der Waals surface area contributed by atoms with Gasteiger partial charge in [-0.3, -0.25) is 4.79 Å². The lowest BCUT2D eigenvalue weighted by Crippen LogP contribution is -2.34. The molecule has 0 aromatic carbocycles. The summed E-state index contributed by atoms with van der Waals surface area (Å²) in [5.41, 5.74) is 0. The Morgan fingerprint density at radius 2 is 2.32 bits per heavy atom. The van der Waals surface area contributed by atoms with Gasteiger partial charge in [0.2, 0.25) is 0 Å². The van der Waals surface area contributed by atoms with E-state index in [1.807, 2.05) is 17.7 Å². The van der Waals surface area contributed by atoms with Gasteiger partial charge in [0.1, 0.15) is 13.2 Å². The van der Waals surface area contributed by atoms with E-state index < -0.39 is 0 Å². The number of hydrogen-bond acceptors (Lipinski definition) is 5. The molecule has 0 saturated heterocycles. The maximum Gasteiger partial charge on any atom is 0.308 e. The van der Waals surface area contributed by atoms with E-state index >= 15 is 0 Å². The second kappa shape index (κ2) is 6.80. The lowest BCUT2D eigenvalue weighted by atomic mass is 10.1. The van der Waals surface area contributed by atoms with E-state index in [1.54, 1.807) is 0 Å². The molecule has 1 aliphatic rings. The van der Waals surface area contributed by atoms with Crippen molar-refractivity contribution in [2.24, 2.45) is 5.92 Å². The number of thiophene rings is 1. The molecule has 0 radical (unpaired) electrons. The fourth-order valence-electron chi connectivity index (χ4n) is 1.89. The molecule has 2 heterocycles. The summed E-state index contributed by atoms with van der Waals surface area (Å²) in [6.07, 6.45) is 2.83. The topological polar surface area (TPSA) is 44.8 Å². The van der Waals surface area contributed by atoms with Gasteiger partial charge in [0.05, 0.1) is 5.92 Å². The molecule has 0 fully saturated rings. The number of carbonyl (C=O) groups excluding carboxylic acids is 1. The second-order valence-corrected chi connectivity index (χ2v) is 5.57. The van der Waals surface area contributed by atoms with Gasteiger partial charge < -0.3 is 14.2 Å². The van der Waals surface area contributed by atoms with E-state index in [0.717, 1.165) is 30.8 Å². The Balaban J connectivity index is 1.73. The largest absolute Gasteiger partial charge is 0.485 e. The van der Waals surface area contributed by atoms with Gasteiger partial charge in [-0.05, 0) is 6.42 Å². The van der Waals surface area contributed by atoms with Gasteiger partial charge in [-0.15, -0.1) is 11.3 Å². The fourth-order valence-corrected chi connectivity index (χ4v) is 2.56. The molecule has 0 amide bonds. The predicted octanol–water partition coefficient (Wildman–Crippen LogP) is 3.26. The molecular weight excluding hydrogens is 264 g/mol. The normalized spacial score (nSPS) is 18.9. The standard InChI is InChI=1S/C14H20O4S/c1-3-4-5-10(2)14(15)17-7-11-6-16-12-8-19-9-13(12)18-11/h8-11H,3-7H2,1-2H3. The van der Waals surface area contributed by atoms with Crippen molar-refractivity contribution in [2.75, 3.05) is 13.2 Å². The third-order valence-corrected chi connectivity index (χ3v) is 3.82. The van der Waals surface area contributed by atoms with Crippen LogP contribution >= 0.6 is 11.3 Å². The van der Waals surface area contributed by atoms with Gasteiger partial charge in [0.15, 0.2) is 17.6 Å². The second-order valence-electron chi connectivity index (χ2n) is 4.82. The minimum absolute atomic E-state index is 0.0406. The summed E-state index contributed by atoms with van der Waals surface area (Å²) in [7, 11) is 0. The van der Waals surface area contributed by atoms with E-state index in [-0.39, 0.29) is 24.6 Å². The van der Waals surface area contributed by atoms with Crippen LogP contribution in [0.25, 0.3) is 0 Å². The predicted molar refractivity (Wildman–Crippen MR) is 73.9 cm³/mol. The number of rotatable bonds is 6. The number of unbranched alkanes of at least 4 members (excludes halogenated alkanes) is 1. The zero-order valence-electron chi connectivity index (χ0n) is 11.4. The first-order valence-electron chi connectivity index (χ1n) is 6.73. The van der Waals surface area contributed by atoms with Crippen LogP contribution in [0.1, 0.15) is 33.1 Å². The summed E-state index contributed by atoms with van der Waals surface area (Å²) in [6, 6.07) is 0. The number of fused-ring (bicyclic) bond motifs is 1. The van der Waals surface area contributed by atoms with E-state index in [9.17, 15) is 4.79 Å². The summed E-state index contributed by atoms with van der Waals surface area (Å²) >= 11 is 1.54. The Bertz CT molecular complexity index is 415. The maximum atomic E-state index is 11.8. The smallest absolute Gasteiger partial charge is 0.308 e. The van der Waals surface area contributed by atoms with Crippen molar-refractivity contribution in [1.29, 1.82) is 0 Å². The van der Waals surface area contributed by atoms with Crippen LogP contribution in [-0.2, 0) is 9.53 Å². The number of esters is 1. The van der Waals surface area contributed by atoms with Crippen LogP contribution in [0.2, 0.25) is 0 Å². The fraction of sp³-hybridized carbons (Fsp3) is 0.643. The zero-order chi connectivity index (χ0) is 13.7. The highest BCUT2D eigenvalue weighted by Gasteiger charge is 2.24. The molecule has 0 bridgehead atoms. The van der Waals surface area contributed by atoms with Crippen molar-refractivity contribution in [2.45, 2.75) is 39.2 Å². The highest BCUT2D eigenvalue weighted by Crippen LogP contribution is 2.35. The lowest BCUT2D eigenvalue weighted by Gasteiger charge is -2.24. The third kappa shape index (κ3) is 3.86. The highest BCUT2D eigenvalue weighted by atomic mass is 32.1. The first-order valence-corrected chi connectivity index (χ1v) is 7.67. The SMILES string of the molecule is CCCCC(C)C(=O)OCC1COc2cscc2O1. The van der Waals surface area contributed by atoms with Crippen molar-refractivity contribution >= 4 is 17.3 Å². The molecule has 0 saturated carbocycles. The van der Waals surface area contributed by atoms with E-state index in [4.69, 9.17) is 14.2 Å². The first kappa shape index (κ1) is 14.2. The minimum Gasteiger partial charge on any atom is -0.485 e. The summed E-state index contributed by atoms with van der Waals surface area (Å²) in [5.74, 6) is 1.34. The lowest BCUT2D eigenvalue weighted by molar-refractivity contribution is -0.151. The van der Waals surface area contributed by atoms with Gasteiger partial charge in [-0.25, -0.2) is 0 Å². The highest BCUT2D eigenvalue weighted by molar-refractivity contribution is 7.08. The van der Waals surface area contributed by atoms with Crippen molar-refractivity contribution in [3.05, 3.63) is 10.8 Å². The molecule has 4 nitrogen and oxygen atoms in total. The molecule has 1 aromatic rings. The van der Waals surface area contributed by atoms with Crippen LogP contribution < -0.4 is 9.47 Å².